The summed E-state index contributed by atoms with van der Waals surface area (Å²) in [5, 5.41) is 10.2. The van der Waals surface area contributed by atoms with Crippen LogP contribution in [0.2, 0.25) is 0 Å². The van der Waals surface area contributed by atoms with Crippen LogP contribution in [0.5, 0.6) is 0 Å². The minimum absolute atomic E-state index is 1.12. The third-order valence-electron chi connectivity index (χ3n) is 10.1. The summed E-state index contributed by atoms with van der Waals surface area (Å²) in [5.74, 6) is 0. The second kappa shape index (κ2) is 11.7. The van der Waals surface area contributed by atoms with Gasteiger partial charge in [0.05, 0.1) is 11.4 Å². The molecule has 1 heterocycles. The minimum atomic E-state index is 1.12. The van der Waals surface area contributed by atoms with Crippen molar-refractivity contribution in [2.45, 2.75) is 0 Å². The van der Waals surface area contributed by atoms with Crippen LogP contribution in [0, 0.1) is 0 Å². The molecule has 0 saturated carbocycles. The highest BCUT2D eigenvalue weighted by Crippen LogP contribution is 2.48. The normalized spacial score (nSPS) is 11.6. The number of hydrogen-bond acceptors (Lipinski definition) is 2. The van der Waals surface area contributed by atoms with Gasteiger partial charge in [-0.1, -0.05) is 146 Å². The van der Waals surface area contributed by atoms with Crippen LogP contribution in [-0.2, 0) is 0 Å². The van der Waals surface area contributed by atoms with Gasteiger partial charge in [0, 0.05) is 31.4 Å². The highest BCUT2D eigenvalue weighted by Gasteiger charge is 2.22. The molecule has 0 N–H and O–H groups in total. The SMILES string of the molecule is c1ccc(N(c2ccc(-c3cc4ccccc4c4ccccc34)cc2)c2cccc3sc4ccccc4c23)c(-c2cccc3ccccc23)c1. The van der Waals surface area contributed by atoms with Crippen LogP contribution in [-0.4, -0.2) is 0 Å². The van der Waals surface area contributed by atoms with Crippen molar-refractivity contribution < 1.29 is 0 Å². The molecule has 1 nitrogen and oxygen atoms in total. The molecule has 0 fully saturated rings. The van der Waals surface area contributed by atoms with Crippen LogP contribution in [0.3, 0.4) is 0 Å². The molecular weight excluding hydrogens is 623 g/mol. The van der Waals surface area contributed by atoms with E-state index in [1.165, 1.54) is 80.4 Å². The highest BCUT2D eigenvalue weighted by atomic mass is 32.1. The summed E-state index contributed by atoms with van der Waals surface area (Å²) >= 11 is 1.86. The van der Waals surface area contributed by atoms with Gasteiger partial charge >= 0.3 is 0 Å². The summed E-state index contributed by atoms with van der Waals surface area (Å²) in [5.41, 5.74) is 8.33. The fraction of sp³-hybridized carbons (Fsp3) is 0. The Morgan fingerprint density at radius 1 is 0.340 bits per heavy atom. The second-order valence-corrected chi connectivity index (χ2v) is 13.9. The molecule has 234 valence electrons. The molecule has 10 aromatic rings. The minimum Gasteiger partial charge on any atom is -0.309 e. The summed E-state index contributed by atoms with van der Waals surface area (Å²) in [4.78, 5) is 2.47. The van der Waals surface area contributed by atoms with Crippen LogP contribution >= 0.6 is 11.3 Å². The molecule has 1 aromatic heterocycles. The molecule has 50 heavy (non-hydrogen) atoms. The average molecular weight is 654 g/mol. The van der Waals surface area contributed by atoms with E-state index in [4.69, 9.17) is 0 Å². The summed E-state index contributed by atoms with van der Waals surface area (Å²) < 4.78 is 2.59. The van der Waals surface area contributed by atoms with Crippen LogP contribution in [0.4, 0.5) is 17.1 Å². The lowest BCUT2D eigenvalue weighted by Crippen LogP contribution is -2.11. The van der Waals surface area contributed by atoms with Crippen molar-refractivity contribution in [2.24, 2.45) is 0 Å². The molecule has 0 unspecified atom stereocenters. The second-order valence-electron chi connectivity index (χ2n) is 12.9. The number of benzene rings is 9. The quantitative estimate of drug-likeness (QED) is 0.167. The first-order valence-corrected chi connectivity index (χ1v) is 17.9. The topological polar surface area (TPSA) is 3.24 Å². The number of nitrogens with zero attached hydrogens (tertiary/aromatic N) is 1. The number of fused-ring (bicyclic) bond motifs is 7. The molecular formula is C48H31NS. The van der Waals surface area contributed by atoms with Crippen molar-refractivity contribution in [3.05, 3.63) is 188 Å². The number of thiophene rings is 1. The van der Waals surface area contributed by atoms with E-state index in [2.05, 4.69) is 193 Å². The van der Waals surface area contributed by atoms with Crippen molar-refractivity contribution in [3.8, 4) is 22.3 Å². The van der Waals surface area contributed by atoms with Crippen LogP contribution in [0.1, 0.15) is 0 Å². The molecule has 0 bridgehead atoms. The molecule has 10 rings (SSSR count). The Kier molecular flexibility index (Phi) is 6.75. The Hall–Kier alpha value is -6.22. The van der Waals surface area contributed by atoms with Gasteiger partial charge in [0.2, 0.25) is 0 Å². The molecule has 0 amide bonds. The zero-order valence-electron chi connectivity index (χ0n) is 27.3. The summed E-state index contributed by atoms with van der Waals surface area (Å²) in [6.45, 7) is 0. The van der Waals surface area contributed by atoms with Gasteiger partial charge in [-0.05, 0) is 91.5 Å². The van der Waals surface area contributed by atoms with Crippen LogP contribution in [0.15, 0.2) is 188 Å². The van der Waals surface area contributed by atoms with Crippen LogP contribution < -0.4 is 4.90 Å². The molecule has 0 aliphatic heterocycles. The molecule has 0 aliphatic carbocycles. The third-order valence-corrected chi connectivity index (χ3v) is 11.2. The molecule has 9 aromatic carbocycles. The maximum Gasteiger partial charge on any atom is 0.0555 e. The Morgan fingerprint density at radius 3 is 1.78 bits per heavy atom. The van der Waals surface area contributed by atoms with E-state index in [1.807, 2.05) is 11.3 Å². The summed E-state index contributed by atoms with van der Waals surface area (Å²) in [6, 6.07) is 68.8. The summed E-state index contributed by atoms with van der Waals surface area (Å²) in [7, 11) is 0. The molecule has 0 spiro atoms. The third kappa shape index (κ3) is 4.61. The fourth-order valence-electron chi connectivity index (χ4n) is 7.79. The van der Waals surface area contributed by atoms with E-state index in [0.29, 0.717) is 0 Å². The Bertz CT molecular complexity index is 2870. The predicted octanol–water partition coefficient (Wildman–Crippen LogP) is 14.3. The van der Waals surface area contributed by atoms with E-state index < -0.39 is 0 Å². The van der Waals surface area contributed by atoms with E-state index in [-0.39, 0.29) is 0 Å². The predicted molar refractivity (Wildman–Crippen MR) is 217 cm³/mol. The van der Waals surface area contributed by atoms with Crippen molar-refractivity contribution in [2.75, 3.05) is 4.90 Å². The zero-order chi connectivity index (χ0) is 33.0. The first-order chi connectivity index (χ1) is 24.8. The smallest absolute Gasteiger partial charge is 0.0555 e. The van der Waals surface area contributed by atoms with Gasteiger partial charge in [-0.15, -0.1) is 11.3 Å². The van der Waals surface area contributed by atoms with Crippen molar-refractivity contribution >= 4 is 80.9 Å². The lowest BCUT2D eigenvalue weighted by atomic mass is 9.93. The van der Waals surface area contributed by atoms with E-state index in [1.54, 1.807) is 0 Å². The molecule has 0 radical (unpaired) electrons. The summed E-state index contributed by atoms with van der Waals surface area (Å²) in [6.07, 6.45) is 0. The van der Waals surface area contributed by atoms with Gasteiger partial charge in [0.1, 0.15) is 0 Å². The first kappa shape index (κ1) is 28.8. The Morgan fingerprint density at radius 2 is 0.920 bits per heavy atom. The average Bonchev–Trinajstić information content (AvgIpc) is 3.58. The van der Waals surface area contributed by atoms with E-state index >= 15 is 0 Å². The lowest BCUT2D eigenvalue weighted by Gasteiger charge is -2.29. The monoisotopic (exact) mass is 653 g/mol. The molecule has 0 atom stereocenters. The van der Waals surface area contributed by atoms with Crippen LogP contribution in [0.25, 0.3) is 74.7 Å². The van der Waals surface area contributed by atoms with Gasteiger partial charge in [-0.3, -0.25) is 0 Å². The molecule has 0 saturated heterocycles. The van der Waals surface area contributed by atoms with E-state index in [9.17, 15) is 0 Å². The van der Waals surface area contributed by atoms with Crippen molar-refractivity contribution in [1.82, 2.24) is 0 Å². The van der Waals surface area contributed by atoms with Gasteiger partial charge in [0.25, 0.3) is 0 Å². The number of anilines is 3. The van der Waals surface area contributed by atoms with Gasteiger partial charge in [0.15, 0.2) is 0 Å². The van der Waals surface area contributed by atoms with Crippen molar-refractivity contribution in [1.29, 1.82) is 0 Å². The molecule has 0 aliphatic rings. The maximum atomic E-state index is 2.47. The zero-order valence-corrected chi connectivity index (χ0v) is 28.1. The first-order valence-electron chi connectivity index (χ1n) is 17.1. The van der Waals surface area contributed by atoms with Gasteiger partial charge in [-0.25, -0.2) is 0 Å². The van der Waals surface area contributed by atoms with Gasteiger partial charge < -0.3 is 4.90 Å². The Labute approximate surface area is 294 Å². The van der Waals surface area contributed by atoms with E-state index in [0.717, 1.165) is 11.4 Å². The number of para-hydroxylation sites is 1. The number of rotatable bonds is 5. The molecule has 2 heteroatoms. The number of hydrogen-bond donors (Lipinski definition) is 0. The maximum absolute atomic E-state index is 2.47. The fourth-order valence-corrected chi connectivity index (χ4v) is 8.92. The van der Waals surface area contributed by atoms with Crippen molar-refractivity contribution in [3.63, 3.8) is 0 Å². The van der Waals surface area contributed by atoms with Gasteiger partial charge in [-0.2, -0.15) is 0 Å². The standard InChI is InChI=1S/C48H31NS/c1-3-16-36-32(13-1)15-11-22-39(36)41-20-7-9-23-44(41)49(45-24-12-26-47-48(45)42-21-8-10-25-46(42)50-47)35-29-27-33(28-30-35)43-31-34-14-2-4-17-37(34)38-18-5-6-19-40(38)43/h1-31H. The highest BCUT2D eigenvalue weighted by molar-refractivity contribution is 7.26. The lowest BCUT2D eigenvalue weighted by molar-refractivity contribution is 1.30. The largest absolute Gasteiger partial charge is 0.309 e. The Balaban J connectivity index is 1.22.